The Kier molecular flexibility index (Phi) is 4.46. The van der Waals surface area contributed by atoms with Gasteiger partial charge in [-0.3, -0.25) is 4.68 Å². The molecule has 156 valence electrons. The van der Waals surface area contributed by atoms with E-state index in [4.69, 9.17) is 10.2 Å². The van der Waals surface area contributed by atoms with Crippen LogP contribution in [0.1, 0.15) is 17.9 Å². The summed E-state index contributed by atoms with van der Waals surface area (Å²) < 4.78 is 33.9. The first-order valence-corrected chi connectivity index (χ1v) is 9.43. The van der Waals surface area contributed by atoms with Crippen LogP contribution in [0.25, 0.3) is 33.6 Å². The fourth-order valence-electron chi connectivity index (χ4n) is 3.38. The smallest absolute Gasteiger partial charge is 0.314 e. The zero-order valence-electron chi connectivity index (χ0n) is 16.4. The number of nitrogen functional groups attached to an aromatic ring is 1. The number of halogens is 2. The Morgan fingerprint density at radius 2 is 1.81 bits per heavy atom. The third kappa shape index (κ3) is 3.52. The summed E-state index contributed by atoms with van der Waals surface area (Å²) in [4.78, 5) is 4.37. The number of nitrogens with two attached hydrogens (primary N) is 1. The molecular weight excluding hydrogens is 404 g/mol. The van der Waals surface area contributed by atoms with Crippen LogP contribution in [0.3, 0.4) is 0 Å². The maximum absolute atomic E-state index is 12.6. The third-order valence-electron chi connectivity index (χ3n) is 5.05. The highest BCUT2D eigenvalue weighted by atomic mass is 19.3. The summed E-state index contributed by atoms with van der Waals surface area (Å²) in [5, 5.41) is 11.4. The van der Waals surface area contributed by atoms with E-state index in [1.54, 1.807) is 18.3 Å². The van der Waals surface area contributed by atoms with Crippen LogP contribution in [-0.4, -0.2) is 29.5 Å². The summed E-state index contributed by atoms with van der Waals surface area (Å²) in [6, 6.07) is 13.2. The van der Waals surface area contributed by atoms with Gasteiger partial charge >= 0.3 is 6.43 Å². The first kappa shape index (κ1) is 18.9. The lowest BCUT2D eigenvalue weighted by Gasteiger charge is -2.03. The minimum absolute atomic E-state index is 0.0637. The van der Waals surface area contributed by atoms with Gasteiger partial charge in [0, 0.05) is 24.4 Å². The molecule has 2 aromatic carbocycles. The van der Waals surface area contributed by atoms with Gasteiger partial charge in [-0.25, -0.2) is 4.98 Å². The molecule has 10 heteroatoms. The summed E-state index contributed by atoms with van der Waals surface area (Å²) in [7, 11) is 1.88. The predicted octanol–water partition coefficient (Wildman–Crippen LogP) is 4.05. The molecule has 3 aromatic heterocycles. The van der Waals surface area contributed by atoms with Crippen molar-refractivity contribution in [3.05, 3.63) is 66.3 Å². The molecule has 0 saturated heterocycles. The lowest BCUT2D eigenvalue weighted by molar-refractivity contribution is 0.116. The molecule has 0 aliphatic heterocycles. The van der Waals surface area contributed by atoms with Crippen LogP contribution in [0, 0.1) is 0 Å². The Balaban J connectivity index is 1.33. The Morgan fingerprint density at radius 1 is 1.03 bits per heavy atom. The van der Waals surface area contributed by atoms with Gasteiger partial charge in [0.2, 0.25) is 11.8 Å². The first-order valence-electron chi connectivity index (χ1n) is 9.43. The highest BCUT2D eigenvalue weighted by Gasteiger charge is 2.17. The van der Waals surface area contributed by atoms with E-state index in [0.29, 0.717) is 18.1 Å². The van der Waals surface area contributed by atoms with Gasteiger partial charge in [-0.05, 0) is 35.4 Å². The number of rotatable bonds is 5. The fourth-order valence-corrected chi connectivity index (χ4v) is 3.38. The van der Waals surface area contributed by atoms with Crippen LogP contribution in [0.4, 0.5) is 14.7 Å². The van der Waals surface area contributed by atoms with Gasteiger partial charge in [0.15, 0.2) is 0 Å². The number of hydrogen-bond acceptors (Lipinski definition) is 6. The molecule has 5 rings (SSSR count). The first-order chi connectivity index (χ1) is 15.0. The Labute approximate surface area is 174 Å². The average Bonchev–Trinajstić information content (AvgIpc) is 3.49. The second kappa shape index (κ2) is 7.31. The van der Waals surface area contributed by atoms with Crippen LogP contribution in [0.2, 0.25) is 0 Å². The molecule has 0 bridgehead atoms. The number of imidazole rings is 1. The molecule has 0 unspecified atom stereocenters. The van der Waals surface area contributed by atoms with Gasteiger partial charge in [-0.2, -0.15) is 13.9 Å². The molecule has 31 heavy (non-hydrogen) atoms. The lowest BCUT2D eigenvalue weighted by Crippen LogP contribution is -1.99. The minimum atomic E-state index is -2.79. The number of benzene rings is 2. The number of nitrogens with zero attached hydrogens (tertiary/aromatic N) is 6. The highest BCUT2D eigenvalue weighted by Crippen LogP contribution is 2.26. The zero-order chi connectivity index (χ0) is 21.5. The van der Waals surface area contributed by atoms with Crippen LogP contribution < -0.4 is 5.73 Å². The van der Waals surface area contributed by atoms with Crippen molar-refractivity contribution in [2.45, 2.75) is 13.0 Å². The predicted molar refractivity (Wildman–Crippen MR) is 110 cm³/mol. The number of anilines is 1. The second-order valence-corrected chi connectivity index (χ2v) is 7.10. The summed E-state index contributed by atoms with van der Waals surface area (Å²) in [6.45, 7) is 0.547. The number of alkyl halides is 2. The Hall–Kier alpha value is -4.08. The van der Waals surface area contributed by atoms with E-state index >= 15 is 0 Å². The summed E-state index contributed by atoms with van der Waals surface area (Å²) in [5.74, 6) is -0.152. The molecule has 0 radical (unpaired) electrons. The van der Waals surface area contributed by atoms with Crippen molar-refractivity contribution in [2.75, 3.05) is 5.73 Å². The maximum Gasteiger partial charge on any atom is 0.314 e. The second-order valence-electron chi connectivity index (χ2n) is 7.10. The van der Waals surface area contributed by atoms with Crippen molar-refractivity contribution in [2.24, 2.45) is 7.05 Å². The van der Waals surface area contributed by atoms with Crippen molar-refractivity contribution in [1.29, 1.82) is 0 Å². The molecule has 8 nitrogen and oxygen atoms in total. The molecule has 0 spiro atoms. The van der Waals surface area contributed by atoms with Crippen molar-refractivity contribution in [3.8, 4) is 22.6 Å². The molecule has 0 amide bonds. The number of aryl methyl sites for hydroxylation is 1. The van der Waals surface area contributed by atoms with Gasteiger partial charge in [-0.15, -0.1) is 10.2 Å². The molecular formula is C21H17F2N7O. The zero-order valence-corrected chi connectivity index (χ0v) is 16.4. The van der Waals surface area contributed by atoms with E-state index in [9.17, 15) is 8.78 Å². The van der Waals surface area contributed by atoms with E-state index in [1.807, 2.05) is 52.8 Å². The van der Waals surface area contributed by atoms with E-state index in [1.165, 1.54) is 0 Å². The summed E-state index contributed by atoms with van der Waals surface area (Å²) >= 11 is 0. The largest absolute Gasteiger partial charge is 0.415 e. The number of aromatic nitrogens is 6. The quantitative estimate of drug-likeness (QED) is 0.459. The van der Waals surface area contributed by atoms with Gasteiger partial charge in [0.25, 0.3) is 5.89 Å². The molecule has 0 aliphatic rings. The number of fused-ring (bicyclic) bond motifs is 1. The molecule has 0 aliphatic carbocycles. The van der Waals surface area contributed by atoms with Crippen molar-refractivity contribution < 1.29 is 13.2 Å². The van der Waals surface area contributed by atoms with Crippen LogP contribution in [0.5, 0.6) is 0 Å². The minimum Gasteiger partial charge on any atom is -0.415 e. The standard InChI is InChI=1S/C21H17F2N7O/c1-29-17-7-6-14(8-16(17)26-21(29)24)15-9-25-30(11-15)10-12-2-4-13(5-3-12)19-27-28-20(31-19)18(22)23/h2-9,11,18H,10H2,1H3,(H2,24,26). The fraction of sp³-hybridized carbons (Fsp3) is 0.143. The average molecular weight is 421 g/mol. The van der Waals surface area contributed by atoms with Gasteiger partial charge < -0.3 is 14.7 Å². The molecule has 5 aromatic rings. The topological polar surface area (TPSA) is 101 Å². The van der Waals surface area contributed by atoms with Crippen LogP contribution in [0.15, 0.2) is 59.3 Å². The number of hydrogen-bond donors (Lipinski definition) is 1. The SMILES string of the molecule is Cn1c(N)nc2cc(-c3cnn(Cc4ccc(-c5nnc(C(F)F)o5)cc4)c3)ccc21. The van der Waals surface area contributed by atoms with E-state index in [-0.39, 0.29) is 5.89 Å². The van der Waals surface area contributed by atoms with E-state index in [2.05, 4.69) is 20.3 Å². The monoisotopic (exact) mass is 421 g/mol. The van der Waals surface area contributed by atoms with Gasteiger partial charge in [0.05, 0.1) is 23.8 Å². The van der Waals surface area contributed by atoms with Crippen molar-refractivity contribution >= 4 is 17.0 Å². The van der Waals surface area contributed by atoms with Crippen LogP contribution >= 0.6 is 0 Å². The molecule has 3 heterocycles. The molecule has 2 N–H and O–H groups in total. The van der Waals surface area contributed by atoms with Crippen LogP contribution in [-0.2, 0) is 13.6 Å². The Morgan fingerprint density at radius 3 is 2.55 bits per heavy atom. The van der Waals surface area contributed by atoms with Crippen molar-refractivity contribution in [1.82, 2.24) is 29.5 Å². The lowest BCUT2D eigenvalue weighted by atomic mass is 10.1. The van der Waals surface area contributed by atoms with Gasteiger partial charge in [-0.1, -0.05) is 18.2 Å². The Bertz CT molecular complexity index is 1370. The third-order valence-corrected chi connectivity index (χ3v) is 5.05. The van der Waals surface area contributed by atoms with Gasteiger partial charge in [0.1, 0.15) is 0 Å². The summed E-state index contributed by atoms with van der Waals surface area (Å²) in [5.41, 5.74) is 11.2. The molecule has 0 saturated carbocycles. The highest BCUT2D eigenvalue weighted by molar-refractivity contribution is 5.83. The van der Waals surface area contributed by atoms with Crippen molar-refractivity contribution in [3.63, 3.8) is 0 Å². The van der Waals surface area contributed by atoms with E-state index in [0.717, 1.165) is 27.7 Å². The normalized spacial score (nSPS) is 11.6. The van der Waals surface area contributed by atoms with E-state index < -0.39 is 12.3 Å². The maximum atomic E-state index is 12.6. The molecule has 0 fully saturated rings. The molecule has 0 atom stereocenters. The summed E-state index contributed by atoms with van der Waals surface area (Å²) in [6.07, 6.45) is 0.964.